The van der Waals surface area contributed by atoms with Crippen LogP contribution < -0.4 is 10.6 Å². The molecule has 3 N–H and O–H groups in total. The number of imide groups is 1. The lowest BCUT2D eigenvalue weighted by Gasteiger charge is -2.13. The Labute approximate surface area is 106 Å². The molecule has 7 heteroatoms. The van der Waals surface area contributed by atoms with Crippen molar-refractivity contribution in [1.82, 2.24) is 15.7 Å². The lowest BCUT2D eigenvalue weighted by molar-refractivity contribution is -0.141. The van der Waals surface area contributed by atoms with Gasteiger partial charge in [-0.3, -0.25) is 14.9 Å². The minimum atomic E-state index is -0.572. The number of aliphatic hydroxyl groups excluding tert-OH is 1. The summed E-state index contributed by atoms with van der Waals surface area (Å²) >= 11 is 0. The van der Waals surface area contributed by atoms with Gasteiger partial charge in [-0.25, -0.2) is 4.79 Å². The number of aliphatic hydroxyl groups is 1. The lowest BCUT2D eigenvalue weighted by atomic mass is 10.1. The Morgan fingerprint density at radius 1 is 1.50 bits per heavy atom. The van der Waals surface area contributed by atoms with Gasteiger partial charge in [-0.1, -0.05) is 13.8 Å². The molecule has 0 aromatic heterocycles. The molecule has 0 aliphatic carbocycles. The molecule has 1 unspecified atom stereocenters. The van der Waals surface area contributed by atoms with Crippen molar-refractivity contribution < 1.29 is 19.5 Å². The predicted octanol–water partition coefficient (Wildman–Crippen LogP) is -0.534. The van der Waals surface area contributed by atoms with Crippen LogP contribution in [0.2, 0.25) is 0 Å². The first-order valence-electron chi connectivity index (χ1n) is 6.11. The van der Waals surface area contributed by atoms with Gasteiger partial charge in [0.1, 0.15) is 6.54 Å². The Morgan fingerprint density at radius 3 is 2.78 bits per heavy atom. The van der Waals surface area contributed by atoms with Gasteiger partial charge in [-0.15, -0.1) is 0 Å². The summed E-state index contributed by atoms with van der Waals surface area (Å²) in [5.41, 5.74) is 0. The first-order chi connectivity index (χ1) is 8.47. The van der Waals surface area contributed by atoms with E-state index < -0.39 is 18.0 Å². The summed E-state index contributed by atoms with van der Waals surface area (Å²) < 4.78 is 0. The van der Waals surface area contributed by atoms with Gasteiger partial charge in [0.15, 0.2) is 0 Å². The van der Waals surface area contributed by atoms with Crippen molar-refractivity contribution in [3.63, 3.8) is 0 Å². The summed E-state index contributed by atoms with van der Waals surface area (Å²) in [4.78, 5) is 27.8. The number of hydrogen-bond acceptors (Lipinski definition) is 5. The van der Waals surface area contributed by atoms with Gasteiger partial charge in [0.25, 0.3) is 0 Å². The third-order valence-electron chi connectivity index (χ3n) is 2.44. The predicted molar refractivity (Wildman–Crippen MR) is 64.5 cm³/mol. The van der Waals surface area contributed by atoms with Crippen LogP contribution in [0.4, 0.5) is 4.79 Å². The Kier molecular flexibility index (Phi) is 6.03. The van der Waals surface area contributed by atoms with Gasteiger partial charge in [-0.05, 0) is 12.3 Å². The quantitative estimate of drug-likeness (QED) is 0.617. The number of carbonyl (C=O) groups is 2. The summed E-state index contributed by atoms with van der Waals surface area (Å²) in [6.45, 7) is 5.06. The van der Waals surface area contributed by atoms with Gasteiger partial charge in [0.2, 0.25) is 5.91 Å². The normalized spacial score (nSPS) is 20.1. The van der Waals surface area contributed by atoms with E-state index in [1.807, 2.05) is 0 Å². The number of rotatable bonds is 5. The minimum absolute atomic E-state index is 0.0609. The van der Waals surface area contributed by atoms with E-state index in [9.17, 15) is 14.7 Å². The second-order valence-electron chi connectivity index (χ2n) is 4.76. The lowest BCUT2D eigenvalue weighted by Crippen LogP contribution is -2.44. The first kappa shape index (κ1) is 14.9. The highest BCUT2D eigenvalue weighted by molar-refractivity contribution is 5.95. The van der Waals surface area contributed by atoms with Crippen molar-refractivity contribution in [2.75, 3.05) is 26.2 Å². The molecular formula is C11H21N3O4. The maximum Gasteiger partial charge on any atom is 0.321 e. The number of hydroxylamine groups is 2. The summed E-state index contributed by atoms with van der Waals surface area (Å²) in [7, 11) is 0. The fraction of sp³-hybridized carbons (Fsp3) is 0.818. The van der Waals surface area contributed by atoms with E-state index in [0.29, 0.717) is 12.5 Å². The SMILES string of the molecule is CC(C)CCNC(=O)NC(=O)CN1CC(O)CO1. The van der Waals surface area contributed by atoms with Crippen LogP contribution in [0.5, 0.6) is 0 Å². The van der Waals surface area contributed by atoms with Gasteiger partial charge in [0.05, 0.1) is 19.3 Å². The van der Waals surface area contributed by atoms with E-state index in [1.165, 1.54) is 5.06 Å². The van der Waals surface area contributed by atoms with Crippen LogP contribution in [0.25, 0.3) is 0 Å². The molecule has 1 fully saturated rings. The zero-order valence-electron chi connectivity index (χ0n) is 10.8. The van der Waals surface area contributed by atoms with Crippen molar-refractivity contribution in [2.24, 2.45) is 5.92 Å². The summed E-state index contributed by atoms with van der Waals surface area (Å²) in [6, 6.07) is -0.500. The van der Waals surface area contributed by atoms with Crippen LogP contribution in [-0.2, 0) is 9.63 Å². The fourth-order valence-electron chi connectivity index (χ4n) is 1.49. The molecule has 0 aromatic carbocycles. The number of β-amino-alcohol motifs (C(OH)–C–C–N with tert-alkyl or cyclic N) is 1. The molecule has 18 heavy (non-hydrogen) atoms. The van der Waals surface area contributed by atoms with E-state index in [-0.39, 0.29) is 19.7 Å². The van der Waals surface area contributed by atoms with Gasteiger partial charge >= 0.3 is 6.03 Å². The van der Waals surface area contributed by atoms with Crippen molar-refractivity contribution in [1.29, 1.82) is 0 Å². The fourth-order valence-corrected chi connectivity index (χ4v) is 1.49. The molecule has 1 rings (SSSR count). The van der Waals surface area contributed by atoms with Crippen molar-refractivity contribution in [3.8, 4) is 0 Å². The van der Waals surface area contributed by atoms with Gasteiger partial charge in [-0.2, -0.15) is 5.06 Å². The average Bonchev–Trinajstić information content (AvgIpc) is 2.62. The van der Waals surface area contributed by atoms with E-state index in [4.69, 9.17) is 4.84 Å². The highest BCUT2D eigenvalue weighted by Gasteiger charge is 2.23. The second kappa shape index (κ2) is 7.30. The van der Waals surface area contributed by atoms with Crippen LogP contribution in [0, 0.1) is 5.92 Å². The molecule has 0 aromatic rings. The summed E-state index contributed by atoms with van der Waals surface area (Å²) in [6.07, 6.45) is 0.293. The average molecular weight is 259 g/mol. The number of carbonyl (C=O) groups excluding carboxylic acids is 2. The van der Waals surface area contributed by atoms with Crippen LogP contribution >= 0.6 is 0 Å². The molecule has 1 atom stereocenters. The zero-order valence-corrected chi connectivity index (χ0v) is 10.8. The maximum atomic E-state index is 11.4. The van der Waals surface area contributed by atoms with Gasteiger partial charge < -0.3 is 10.4 Å². The number of nitrogens with one attached hydrogen (secondary N) is 2. The summed E-state index contributed by atoms with van der Waals surface area (Å²) in [5.74, 6) is 0.0478. The van der Waals surface area contributed by atoms with E-state index in [2.05, 4.69) is 24.5 Å². The Bertz CT molecular complexity index is 296. The number of urea groups is 1. The molecule has 3 amide bonds. The maximum absolute atomic E-state index is 11.4. The van der Waals surface area contributed by atoms with Crippen LogP contribution in [-0.4, -0.2) is 54.5 Å². The third-order valence-corrected chi connectivity index (χ3v) is 2.44. The largest absolute Gasteiger partial charge is 0.389 e. The molecule has 0 spiro atoms. The van der Waals surface area contributed by atoms with Crippen molar-refractivity contribution >= 4 is 11.9 Å². The molecule has 1 saturated heterocycles. The highest BCUT2D eigenvalue weighted by Crippen LogP contribution is 2.03. The first-order valence-corrected chi connectivity index (χ1v) is 6.11. The van der Waals surface area contributed by atoms with Gasteiger partial charge in [0, 0.05) is 6.54 Å². The Balaban J connectivity index is 2.13. The molecule has 7 nitrogen and oxygen atoms in total. The number of hydrogen-bond donors (Lipinski definition) is 3. The number of nitrogens with zero attached hydrogens (tertiary/aromatic N) is 1. The Morgan fingerprint density at radius 2 is 2.22 bits per heavy atom. The van der Waals surface area contributed by atoms with Crippen molar-refractivity contribution in [2.45, 2.75) is 26.4 Å². The molecule has 0 bridgehead atoms. The van der Waals surface area contributed by atoms with Crippen LogP contribution in [0.1, 0.15) is 20.3 Å². The van der Waals surface area contributed by atoms with Crippen molar-refractivity contribution in [3.05, 3.63) is 0 Å². The highest BCUT2D eigenvalue weighted by atomic mass is 16.7. The zero-order chi connectivity index (χ0) is 13.5. The number of amides is 3. The molecular weight excluding hydrogens is 238 g/mol. The second-order valence-corrected chi connectivity index (χ2v) is 4.76. The summed E-state index contributed by atoms with van der Waals surface area (Å²) in [5, 5.41) is 15.3. The van der Waals surface area contributed by atoms with Crippen LogP contribution in [0.15, 0.2) is 0 Å². The topological polar surface area (TPSA) is 90.9 Å². The molecule has 0 radical (unpaired) electrons. The standard InChI is InChI=1S/C11H21N3O4/c1-8(2)3-4-12-11(17)13-10(16)6-14-5-9(15)7-18-14/h8-9,15H,3-7H2,1-2H3,(H2,12,13,16,17). The minimum Gasteiger partial charge on any atom is -0.389 e. The monoisotopic (exact) mass is 259 g/mol. The Hall–Kier alpha value is -1.18. The van der Waals surface area contributed by atoms with E-state index >= 15 is 0 Å². The smallest absolute Gasteiger partial charge is 0.321 e. The molecule has 1 aliphatic rings. The molecule has 0 saturated carbocycles. The third kappa shape index (κ3) is 5.95. The van der Waals surface area contributed by atoms with E-state index in [1.54, 1.807) is 0 Å². The molecule has 1 aliphatic heterocycles. The van der Waals surface area contributed by atoms with Crippen LogP contribution in [0.3, 0.4) is 0 Å². The molecule has 104 valence electrons. The molecule has 1 heterocycles. The van der Waals surface area contributed by atoms with E-state index in [0.717, 1.165) is 6.42 Å².